The molecule has 0 unspecified atom stereocenters. The summed E-state index contributed by atoms with van der Waals surface area (Å²) in [7, 11) is -4.01. The third-order valence-corrected chi connectivity index (χ3v) is 4.59. The first-order valence-corrected chi connectivity index (χ1v) is 9.24. The number of anilines is 2. The van der Waals surface area contributed by atoms with Crippen molar-refractivity contribution in [1.82, 2.24) is 10.3 Å². The molecule has 1 amide bonds. The Morgan fingerprint density at radius 3 is 2.54 bits per heavy atom. The highest BCUT2D eigenvalue weighted by Crippen LogP contribution is 2.18. The predicted molar refractivity (Wildman–Crippen MR) is 93.2 cm³/mol. The van der Waals surface area contributed by atoms with E-state index >= 15 is 0 Å². The van der Waals surface area contributed by atoms with Crippen LogP contribution in [0, 0.1) is 11.6 Å². The van der Waals surface area contributed by atoms with Crippen LogP contribution in [0.15, 0.2) is 41.4 Å². The van der Waals surface area contributed by atoms with Crippen molar-refractivity contribution in [3.8, 4) is 0 Å². The number of nitrogens with zero attached hydrogens (tertiary/aromatic N) is 1. The van der Waals surface area contributed by atoms with E-state index in [0.717, 1.165) is 30.8 Å². The number of hydrogen-bond acceptors (Lipinski definition) is 5. The summed E-state index contributed by atoms with van der Waals surface area (Å²) in [5, 5.41) is 5.45. The molecular weight excluding hydrogens is 366 g/mol. The Morgan fingerprint density at radius 2 is 1.92 bits per heavy atom. The molecule has 3 N–H and O–H groups in total. The van der Waals surface area contributed by atoms with Crippen molar-refractivity contribution in [2.45, 2.75) is 18.2 Å². The Bertz CT molecular complexity index is 874. The number of carbonyl (C=O) groups is 1. The van der Waals surface area contributed by atoms with Gasteiger partial charge in [-0.05, 0) is 30.7 Å². The van der Waals surface area contributed by atoms with Crippen LogP contribution in [-0.4, -0.2) is 32.4 Å². The molecule has 0 saturated carbocycles. The number of nitrogens with one attached hydrogen (secondary N) is 3. The molecule has 1 heterocycles. The topological polar surface area (TPSA) is 100 Å². The Morgan fingerprint density at radius 1 is 1.15 bits per heavy atom. The lowest BCUT2D eigenvalue weighted by Crippen LogP contribution is -2.30. The number of rotatable bonds is 8. The van der Waals surface area contributed by atoms with Gasteiger partial charge in [0.05, 0.1) is 12.2 Å². The van der Waals surface area contributed by atoms with E-state index in [1.54, 1.807) is 0 Å². The zero-order valence-electron chi connectivity index (χ0n) is 13.9. The van der Waals surface area contributed by atoms with Crippen LogP contribution in [0.2, 0.25) is 0 Å². The molecule has 26 heavy (non-hydrogen) atoms. The summed E-state index contributed by atoms with van der Waals surface area (Å²) in [6.45, 7) is 2.51. The average Bonchev–Trinajstić information content (AvgIpc) is 2.61. The van der Waals surface area contributed by atoms with Gasteiger partial charge in [-0.15, -0.1) is 0 Å². The van der Waals surface area contributed by atoms with Gasteiger partial charge in [0.15, 0.2) is 11.6 Å². The van der Waals surface area contributed by atoms with Gasteiger partial charge in [-0.1, -0.05) is 6.92 Å². The summed E-state index contributed by atoms with van der Waals surface area (Å²) in [5.74, 6) is -2.12. The van der Waals surface area contributed by atoms with Crippen LogP contribution in [0.1, 0.15) is 13.3 Å². The lowest BCUT2D eigenvalue weighted by atomic mass is 10.3. The summed E-state index contributed by atoms with van der Waals surface area (Å²) < 4.78 is 52.7. The molecule has 2 rings (SSSR count). The molecule has 0 fully saturated rings. The molecular formula is C16H18F2N4O3S. The second-order valence-electron chi connectivity index (χ2n) is 5.32. The number of benzene rings is 1. The molecule has 0 aliphatic carbocycles. The smallest absolute Gasteiger partial charge is 0.263 e. The standard InChI is InChI=1S/C16H18F2N4O3S/c1-2-7-19-16(23)10-21-15-6-4-12(9-20-15)26(24,25)22-11-3-5-13(17)14(18)8-11/h3-6,8-9,22H,2,7,10H2,1H3,(H,19,23)(H,20,21). The number of halogens is 2. The highest BCUT2D eigenvalue weighted by atomic mass is 32.2. The van der Waals surface area contributed by atoms with Crippen molar-refractivity contribution in [2.24, 2.45) is 0 Å². The van der Waals surface area contributed by atoms with Crippen molar-refractivity contribution in [2.75, 3.05) is 23.1 Å². The van der Waals surface area contributed by atoms with Crippen molar-refractivity contribution in [3.05, 3.63) is 48.2 Å². The Balaban J connectivity index is 2.01. The van der Waals surface area contributed by atoms with Gasteiger partial charge in [0.1, 0.15) is 10.7 Å². The molecule has 0 aliphatic heterocycles. The zero-order valence-corrected chi connectivity index (χ0v) is 14.7. The number of hydrogen-bond donors (Lipinski definition) is 3. The quantitative estimate of drug-likeness (QED) is 0.647. The second kappa shape index (κ2) is 8.56. The van der Waals surface area contributed by atoms with Crippen molar-refractivity contribution in [1.29, 1.82) is 0 Å². The molecule has 140 valence electrons. The monoisotopic (exact) mass is 384 g/mol. The summed E-state index contributed by atoms with van der Waals surface area (Å²) in [5.41, 5.74) is -0.112. The summed E-state index contributed by atoms with van der Waals surface area (Å²) in [4.78, 5) is 15.3. The summed E-state index contributed by atoms with van der Waals surface area (Å²) in [6.07, 6.45) is 1.91. The second-order valence-corrected chi connectivity index (χ2v) is 7.00. The van der Waals surface area contributed by atoms with E-state index in [1.165, 1.54) is 12.1 Å². The number of pyridine rings is 1. The fraction of sp³-hybridized carbons (Fsp3) is 0.250. The van der Waals surface area contributed by atoms with Gasteiger partial charge < -0.3 is 10.6 Å². The molecule has 0 bridgehead atoms. The van der Waals surface area contributed by atoms with Gasteiger partial charge >= 0.3 is 0 Å². The van der Waals surface area contributed by atoms with Gasteiger partial charge in [0.2, 0.25) is 5.91 Å². The zero-order chi connectivity index (χ0) is 19.2. The first kappa shape index (κ1) is 19.6. The van der Waals surface area contributed by atoms with Crippen LogP contribution in [-0.2, 0) is 14.8 Å². The van der Waals surface area contributed by atoms with Gasteiger partial charge in [0, 0.05) is 18.8 Å². The predicted octanol–water partition coefficient (Wildman–Crippen LogP) is 2.10. The normalized spacial score (nSPS) is 11.0. The third kappa shape index (κ3) is 5.38. The van der Waals surface area contributed by atoms with Gasteiger partial charge in [-0.3, -0.25) is 9.52 Å². The number of amides is 1. The maximum absolute atomic E-state index is 13.2. The maximum atomic E-state index is 13.2. The molecule has 10 heteroatoms. The highest BCUT2D eigenvalue weighted by Gasteiger charge is 2.16. The molecule has 0 spiro atoms. The van der Waals surface area contributed by atoms with Crippen LogP contribution >= 0.6 is 0 Å². The van der Waals surface area contributed by atoms with Crippen LogP contribution in [0.25, 0.3) is 0 Å². The van der Waals surface area contributed by atoms with Crippen LogP contribution in [0.5, 0.6) is 0 Å². The Labute approximate surface area is 149 Å². The van der Waals surface area contributed by atoms with E-state index < -0.39 is 21.7 Å². The maximum Gasteiger partial charge on any atom is 0.263 e. The fourth-order valence-electron chi connectivity index (χ4n) is 1.92. The minimum absolute atomic E-state index is 0.00615. The Kier molecular flexibility index (Phi) is 6.45. The number of carbonyl (C=O) groups excluding carboxylic acids is 1. The average molecular weight is 384 g/mol. The minimum atomic E-state index is -4.01. The number of aromatic nitrogens is 1. The van der Waals surface area contributed by atoms with Crippen LogP contribution in [0.3, 0.4) is 0 Å². The van der Waals surface area contributed by atoms with Gasteiger partial charge in [-0.25, -0.2) is 22.2 Å². The van der Waals surface area contributed by atoms with Gasteiger partial charge in [-0.2, -0.15) is 0 Å². The summed E-state index contributed by atoms with van der Waals surface area (Å²) >= 11 is 0. The molecule has 0 aliphatic rings. The van der Waals surface area contributed by atoms with E-state index in [2.05, 4.69) is 20.3 Å². The van der Waals surface area contributed by atoms with E-state index in [0.29, 0.717) is 12.4 Å². The molecule has 0 radical (unpaired) electrons. The minimum Gasteiger partial charge on any atom is -0.361 e. The highest BCUT2D eigenvalue weighted by molar-refractivity contribution is 7.92. The van der Waals surface area contributed by atoms with Crippen molar-refractivity contribution >= 4 is 27.4 Å². The largest absolute Gasteiger partial charge is 0.361 e. The molecule has 1 aromatic carbocycles. The number of sulfonamides is 1. The lowest BCUT2D eigenvalue weighted by molar-refractivity contribution is -0.119. The summed E-state index contributed by atoms with van der Waals surface area (Å²) in [6, 6.07) is 5.34. The van der Waals surface area contributed by atoms with E-state index in [9.17, 15) is 22.0 Å². The molecule has 2 aromatic rings. The third-order valence-electron chi connectivity index (χ3n) is 3.22. The SMILES string of the molecule is CCCNC(=O)CNc1ccc(S(=O)(=O)Nc2ccc(F)c(F)c2)cn1. The van der Waals surface area contributed by atoms with Crippen LogP contribution < -0.4 is 15.4 Å². The van der Waals surface area contributed by atoms with Gasteiger partial charge in [0.25, 0.3) is 10.0 Å². The van der Waals surface area contributed by atoms with E-state index in [1.807, 2.05) is 6.92 Å². The fourth-order valence-corrected chi connectivity index (χ4v) is 2.91. The molecule has 1 aromatic heterocycles. The molecule has 7 nitrogen and oxygen atoms in total. The van der Waals surface area contributed by atoms with E-state index in [4.69, 9.17) is 0 Å². The van der Waals surface area contributed by atoms with E-state index in [-0.39, 0.29) is 23.0 Å². The van der Waals surface area contributed by atoms with Crippen molar-refractivity contribution in [3.63, 3.8) is 0 Å². The molecule has 0 saturated heterocycles. The van der Waals surface area contributed by atoms with Crippen LogP contribution in [0.4, 0.5) is 20.3 Å². The first-order chi connectivity index (χ1) is 12.3. The first-order valence-electron chi connectivity index (χ1n) is 7.76. The van der Waals surface area contributed by atoms with Crippen molar-refractivity contribution < 1.29 is 22.0 Å². The lowest BCUT2D eigenvalue weighted by Gasteiger charge is -2.09. The Hall–Kier alpha value is -2.75. The molecule has 0 atom stereocenters.